The number of nitrogens with zero attached hydrogens (tertiary/aromatic N) is 2. The Hall–Kier alpha value is -3.02. The van der Waals surface area contributed by atoms with Gasteiger partial charge in [0.05, 0.1) is 6.54 Å². The molecule has 2 aliphatic rings. The first-order valence-corrected chi connectivity index (χ1v) is 15.7. The van der Waals surface area contributed by atoms with Gasteiger partial charge in [0.15, 0.2) is 0 Å². The van der Waals surface area contributed by atoms with Crippen LogP contribution in [0.5, 0.6) is 0 Å². The average Bonchev–Trinajstić information content (AvgIpc) is 3.14. The molecule has 1 N–H and O–H groups in total. The zero-order valence-corrected chi connectivity index (χ0v) is 26.4. The van der Waals surface area contributed by atoms with E-state index in [9.17, 15) is 0 Å². The second kappa shape index (κ2) is 14.6. The summed E-state index contributed by atoms with van der Waals surface area (Å²) in [5.74, 6) is 2.02. The number of hydrogen-bond acceptors (Lipinski definition) is 4. The minimum absolute atomic E-state index is 0.752. The zero-order chi connectivity index (χ0) is 28.5. The van der Waals surface area contributed by atoms with E-state index in [4.69, 9.17) is 4.42 Å². The maximum absolute atomic E-state index is 6.53. The number of halogens is 1. The van der Waals surface area contributed by atoms with Gasteiger partial charge in [-0.15, -0.1) is 0 Å². The van der Waals surface area contributed by atoms with Crippen molar-refractivity contribution in [3.8, 4) is 11.3 Å². The summed E-state index contributed by atoms with van der Waals surface area (Å²) in [7, 11) is 0. The van der Waals surface area contributed by atoms with Crippen molar-refractivity contribution in [3.63, 3.8) is 0 Å². The zero-order valence-electron chi connectivity index (χ0n) is 24.8. The minimum Gasteiger partial charge on any atom is -0.459 e. The molecule has 5 heteroatoms. The molecular formula is C35H44BrN3O. The normalized spacial score (nSPS) is 14.4. The SMILES string of the molecule is CC.CC.Cc1ccc(-c2cc3c(o2)CN(Cc2ccccc2Br)c2ccc(N4CCCNCC4)cc2C3)cc1. The quantitative estimate of drug-likeness (QED) is 0.253. The summed E-state index contributed by atoms with van der Waals surface area (Å²) in [4.78, 5) is 4.99. The third kappa shape index (κ3) is 7.00. The predicted molar refractivity (Wildman–Crippen MR) is 175 cm³/mol. The number of nitrogens with one attached hydrogen (secondary N) is 1. The van der Waals surface area contributed by atoms with Crippen LogP contribution in [-0.2, 0) is 19.5 Å². The highest BCUT2D eigenvalue weighted by atomic mass is 79.9. The molecule has 6 rings (SSSR count). The van der Waals surface area contributed by atoms with Crippen LogP contribution in [0.25, 0.3) is 11.3 Å². The van der Waals surface area contributed by atoms with E-state index in [1.165, 1.54) is 40.0 Å². The number of rotatable bonds is 4. The highest BCUT2D eigenvalue weighted by Crippen LogP contribution is 2.38. The Morgan fingerprint density at radius 3 is 2.40 bits per heavy atom. The largest absolute Gasteiger partial charge is 0.459 e. The number of anilines is 2. The average molecular weight is 603 g/mol. The molecule has 4 aromatic rings. The van der Waals surface area contributed by atoms with Crippen LogP contribution < -0.4 is 15.1 Å². The summed E-state index contributed by atoms with van der Waals surface area (Å²) in [6.45, 7) is 16.0. The van der Waals surface area contributed by atoms with Gasteiger partial charge in [0.25, 0.3) is 0 Å². The summed E-state index contributed by atoms with van der Waals surface area (Å²) in [6, 6.07) is 26.4. The fourth-order valence-electron chi connectivity index (χ4n) is 5.37. The van der Waals surface area contributed by atoms with Gasteiger partial charge < -0.3 is 19.5 Å². The van der Waals surface area contributed by atoms with Crippen molar-refractivity contribution in [3.05, 3.63) is 105 Å². The maximum Gasteiger partial charge on any atom is 0.134 e. The molecule has 212 valence electrons. The molecule has 0 radical (unpaired) electrons. The van der Waals surface area contributed by atoms with Crippen LogP contribution in [0.15, 0.2) is 81.7 Å². The molecule has 1 aromatic heterocycles. The number of hydrogen-bond donors (Lipinski definition) is 1. The van der Waals surface area contributed by atoms with Crippen LogP contribution in [0.2, 0.25) is 0 Å². The summed E-state index contributed by atoms with van der Waals surface area (Å²) in [5.41, 5.74) is 8.95. The fourth-order valence-corrected chi connectivity index (χ4v) is 5.78. The molecule has 0 atom stereocenters. The number of benzene rings is 3. The Labute approximate surface area is 249 Å². The monoisotopic (exact) mass is 601 g/mol. The van der Waals surface area contributed by atoms with E-state index in [2.05, 4.69) is 111 Å². The third-order valence-corrected chi connectivity index (χ3v) is 8.15. The molecule has 4 nitrogen and oxygen atoms in total. The Balaban J connectivity index is 0.000000886. The molecule has 40 heavy (non-hydrogen) atoms. The maximum atomic E-state index is 6.53. The van der Waals surface area contributed by atoms with Gasteiger partial charge in [0.2, 0.25) is 0 Å². The van der Waals surface area contributed by atoms with Crippen LogP contribution in [0, 0.1) is 6.92 Å². The second-order valence-electron chi connectivity index (χ2n) is 9.95. The van der Waals surface area contributed by atoms with E-state index in [1.807, 2.05) is 27.7 Å². The van der Waals surface area contributed by atoms with Crippen molar-refractivity contribution in [2.24, 2.45) is 0 Å². The molecule has 0 amide bonds. The highest BCUT2D eigenvalue weighted by molar-refractivity contribution is 9.10. The first-order valence-electron chi connectivity index (χ1n) is 14.9. The Kier molecular flexibility index (Phi) is 10.9. The van der Waals surface area contributed by atoms with Crippen molar-refractivity contribution in [2.45, 2.75) is 60.5 Å². The highest BCUT2D eigenvalue weighted by Gasteiger charge is 2.25. The topological polar surface area (TPSA) is 31.7 Å². The molecular weight excluding hydrogens is 558 g/mol. The van der Waals surface area contributed by atoms with Gasteiger partial charge in [-0.2, -0.15) is 0 Å². The van der Waals surface area contributed by atoms with Crippen molar-refractivity contribution in [1.82, 2.24) is 5.32 Å². The standard InChI is InChI=1S/C31H32BrN3O.2C2H6/c1-22-7-9-23(10-8-22)30-19-26-17-25-18-27(34-15-4-13-33-14-16-34)11-12-29(25)35(21-31(26)36-30)20-24-5-2-3-6-28(24)32;2*1-2/h2-3,5-12,18-19,33H,4,13-17,20-21H2,1H3;2*1-2H3. The van der Waals surface area contributed by atoms with Gasteiger partial charge in [-0.3, -0.25) is 0 Å². The lowest BCUT2D eigenvalue weighted by atomic mass is 10.0. The van der Waals surface area contributed by atoms with Gasteiger partial charge in [-0.25, -0.2) is 0 Å². The number of fused-ring (bicyclic) bond motifs is 2. The van der Waals surface area contributed by atoms with E-state index in [0.29, 0.717) is 0 Å². The van der Waals surface area contributed by atoms with Gasteiger partial charge >= 0.3 is 0 Å². The lowest BCUT2D eigenvalue weighted by Crippen LogP contribution is -2.28. The number of furan rings is 1. The Bertz CT molecular complexity index is 1350. The van der Waals surface area contributed by atoms with Crippen molar-refractivity contribution in [1.29, 1.82) is 0 Å². The van der Waals surface area contributed by atoms with E-state index >= 15 is 0 Å². The summed E-state index contributed by atoms with van der Waals surface area (Å²) in [5, 5.41) is 3.53. The smallest absolute Gasteiger partial charge is 0.134 e. The van der Waals surface area contributed by atoms with Crippen LogP contribution in [0.4, 0.5) is 11.4 Å². The molecule has 0 bridgehead atoms. The van der Waals surface area contributed by atoms with Gasteiger partial charge in [0, 0.05) is 59.6 Å². The van der Waals surface area contributed by atoms with E-state index < -0.39 is 0 Å². The molecule has 3 aromatic carbocycles. The molecule has 0 aliphatic carbocycles. The lowest BCUT2D eigenvalue weighted by Gasteiger charge is -2.28. The van der Waals surface area contributed by atoms with Gasteiger partial charge in [0.1, 0.15) is 11.5 Å². The molecule has 0 saturated carbocycles. The minimum atomic E-state index is 0.752. The van der Waals surface area contributed by atoms with Gasteiger partial charge in [-0.05, 0) is 61.3 Å². The molecule has 0 spiro atoms. The van der Waals surface area contributed by atoms with Gasteiger partial charge in [-0.1, -0.05) is 91.7 Å². The second-order valence-corrected chi connectivity index (χ2v) is 10.8. The molecule has 0 unspecified atom stereocenters. The molecule has 3 heterocycles. The summed E-state index contributed by atoms with van der Waals surface area (Å²) < 4.78 is 7.68. The van der Waals surface area contributed by atoms with E-state index in [-0.39, 0.29) is 0 Å². The third-order valence-electron chi connectivity index (χ3n) is 7.38. The van der Waals surface area contributed by atoms with Crippen LogP contribution >= 0.6 is 15.9 Å². The van der Waals surface area contributed by atoms with Crippen molar-refractivity contribution < 1.29 is 4.42 Å². The summed E-state index contributed by atoms with van der Waals surface area (Å²) >= 11 is 3.76. The van der Waals surface area contributed by atoms with E-state index in [1.54, 1.807) is 0 Å². The summed E-state index contributed by atoms with van der Waals surface area (Å²) in [6.07, 6.45) is 2.06. The van der Waals surface area contributed by atoms with Crippen LogP contribution in [-0.4, -0.2) is 26.2 Å². The van der Waals surface area contributed by atoms with Crippen molar-refractivity contribution in [2.75, 3.05) is 36.0 Å². The van der Waals surface area contributed by atoms with Crippen molar-refractivity contribution >= 4 is 27.3 Å². The Morgan fingerprint density at radius 2 is 1.62 bits per heavy atom. The first kappa shape index (κ1) is 30.0. The molecule has 1 fully saturated rings. The molecule has 2 aliphatic heterocycles. The first-order chi connectivity index (χ1) is 19.6. The van der Waals surface area contributed by atoms with Crippen LogP contribution in [0.1, 0.15) is 62.1 Å². The number of aryl methyl sites for hydroxylation is 1. The van der Waals surface area contributed by atoms with E-state index in [0.717, 1.165) is 67.2 Å². The predicted octanol–water partition coefficient (Wildman–Crippen LogP) is 8.98. The fraction of sp³-hybridized carbons (Fsp3) is 0.371. The Morgan fingerprint density at radius 1 is 0.850 bits per heavy atom. The van der Waals surface area contributed by atoms with Crippen LogP contribution in [0.3, 0.4) is 0 Å². The molecule has 1 saturated heterocycles. The lowest BCUT2D eigenvalue weighted by molar-refractivity contribution is 0.511.